The number of carbonyl (C=O) groups excluding carboxylic acids is 3. The lowest BCUT2D eigenvalue weighted by atomic mass is 10.1. The molecule has 2 N–H and O–H groups in total. The largest absolute Gasteiger partial charge is 0.513 e. The van der Waals surface area contributed by atoms with Crippen LogP contribution in [0.15, 0.2) is 72.8 Å². The minimum Gasteiger partial charge on any atom is -0.434 e. The number of benzene rings is 3. The molecule has 0 unspecified atom stereocenters. The normalized spacial score (nSPS) is 10.2. The molecule has 2 amide bonds. The first-order valence-electron chi connectivity index (χ1n) is 10.3. The number of carbonyl (C=O) groups is 3. The van der Waals surface area contributed by atoms with E-state index < -0.39 is 6.16 Å². The third-order valence-corrected chi connectivity index (χ3v) is 4.52. The lowest BCUT2D eigenvalue weighted by Crippen LogP contribution is -2.22. The van der Waals surface area contributed by atoms with E-state index in [2.05, 4.69) is 10.6 Å². The molecule has 0 fully saturated rings. The Morgan fingerprint density at radius 3 is 2.30 bits per heavy atom. The first kappa shape index (κ1) is 23.5. The summed E-state index contributed by atoms with van der Waals surface area (Å²) >= 11 is 0. The standard InChI is InChI=1S/C25H23FN2O5/c1-2-32-25(31)33-22-12-8-19(9-13-22)24(30)27-16-17-6-10-21(11-7-17)28-23(29)15-18-4-3-5-20(26)14-18/h3-14H,2,15-16H2,1H3,(H,27,30)(H,28,29). The van der Waals surface area contributed by atoms with E-state index in [9.17, 15) is 18.8 Å². The fourth-order valence-corrected chi connectivity index (χ4v) is 2.95. The molecule has 0 saturated carbocycles. The molecular formula is C25H23FN2O5. The highest BCUT2D eigenvalue weighted by Gasteiger charge is 2.09. The van der Waals surface area contributed by atoms with Gasteiger partial charge in [-0.15, -0.1) is 0 Å². The van der Waals surface area contributed by atoms with Crippen LogP contribution in [-0.4, -0.2) is 24.6 Å². The minimum absolute atomic E-state index is 0.0686. The predicted molar refractivity (Wildman–Crippen MR) is 120 cm³/mol. The Hall–Kier alpha value is -4.20. The van der Waals surface area contributed by atoms with Gasteiger partial charge in [-0.25, -0.2) is 9.18 Å². The number of hydrogen-bond donors (Lipinski definition) is 2. The van der Waals surface area contributed by atoms with Gasteiger partial charge in [-0.2, -0.15) is 0 Å². The molecule has 0 heterocycles. The Balaban J connectivity index is 1.47. The Labute approximate surface area is 190 Å². The first-order chi connectivity index (χ1) is 15.9. The van der Waals surface area contributed by atoms with Crippen molar-refractivity contribution < 1.29 is 28.2 Å². The summed E-state index contributed by atoms with van der Waals surface area (Å²) in [5, 5.41) is 5.56. The second-order valence-corrected chi connectivity index (χ2v) is 7.04. The number of nitrogens with one attached hydrogen (secondary N) is 2. The zero-order chi connectivity index (χ0) is 23.6. The maximum Gasteiger partial charge on any atom is 0.513 e. The van der Waals surface area contributed by atoms with Gasteiger partial charge in [0, 0.05) is 17.8 Å². The molecule has 0 atom stereocenters. The summed E-state index contributed by atoms with van der Waals surface area (Å²) in [6.07, 6.45) is -0.734. The summed E-state index contributed by atoms with van der Waals surface area (Å²) in [6.45, 7) is 2.17. The lowest BCUT2D eigenvalue weighted by molar-refractivity contribution is -0.115. The van der Waals surface area contributed by atoms with Crippen molar-refractivity contribution in [2.75, 3.05) is 11.9 Å². The Morgan fingerprint density at radius 2 is 1.64 bits per heavy atom. The van der Waals surface area contributed by atoms with E-state index in [1.807, 2.05) is 0 Å². The Kier molecular flexibility index (Phi) is 8.13. The quantitative estimate of drug-likeness (QED) is 0.390. The number of rotatable bonds is 8. The summed E-state index contributed by atoms with van der Waals surface area (Å²) < 4.78 is 22.9. The van der Waals surface area contributed by atoms with Gasteiger partial charge in [-0.05, 0) is 66.6 Å². The van der Waals surface area contributed by atoms with E-state index in [4.69, 9.17) is 9.47 Å². The lowest BCUT2D eigenvalue weighted by Gasteiger charge is -2.09. The summed E-state index contributed by atoms with van der Waals surface area (Å²) in [4.78, 5) is 35.8. The van der Waals surface area contributed by atoms with Gasteiger partial charge in [-0.3, -0.25) is 9.59 Å². The van der Waals surface area contributed by atoms with Crippen LogP contribution in [0.25, 0.3) is 0 Å². The fraction of sp³-hybridized carbons (Fsp3) is 0.160. The highest BCUT2D eigenvalue weighted by atomic mass is 19.1. The molecule has 7 nitrogen and oxygen atoms in total. The molecule has 0 radical (unpaired) electrons. The number of amides is 2. The van der Waals surface area contributed by atoms with Crippen LogP contribution in [0.4, 0.5) is 14.9 Å². The third kappa shape index (κ3) is 7.46. The van der Waals surface area contributed by atoms with Crippen LogP contribution in [0.2, 0.25) is 0 Å². The number of halogens is 1. The fourth-order valence-electron chi connectivity index (χ4n) is 2.95. The molecule has 3 rings (SSSR count). The van der Waals surface area contributed by atoms with E-state index in [0.29, 0.717) is 16.8 Å². The number of hydrogen-bond acceptors (Lipinski definition) is 5. The molecule has 0 bridgehead atoms. The Morgan fingerprint density at radius 1 is 0.909 bits per heavy atom. The van der Waals surface area contributed by atoms with Crippen LogP contribution in [-0.2, 0) is 22.5 Å². The molecular weight excluding hydrogens is 427 g/mol. The number of ether oxygens (including phenoxy) is 2. The van der Waals surface area contributed by atoms with Crippen LogP contribution < -0.4 is 15.4 Å². The van der Waals surface area contributed by atoms with E-state index in [0.717, 1.165) is 5.56 Å². The summed E-state index contributed by atoms with van der Waals surface area (Å²) in [5.41, 5.74) is 2.44. The molecule has 0 aliphatic heterocycles. The average Bonchev–Trinajstić information content (AvgIpc) is 2.79. The van der Waals surface area contributed by atoms with Crippen molar-refractivity contribution in [1.82, 2.24) is 5.32 Å². The highest BCUT2D eigenvalue weighted by molar-refractivity contribution is 5.94. The van der Waals surface area contributed by atoms with Gasteiger partial charge in [0.15, 0.2) is 0 Å². The minimum atomic E-state index is -0.802. The molecule has 0 aliphatic rings. The van der Waals surface area contributed by atoms with Gasteiger partial charge in [-0.1, -0.05) is 24.3 Å². The van der Waals surface area contributed by atoms with Gasteiger partial charge < -0.3 is 20.1 Å². The second-order valence-electron chi connectivity index (χ2n) is 7.04. The summed E-state index contributed by atoms with van der Waals surface area (Å²) in [5.74, 6) is -0.644. The van der Waals surface area contributed by atoms with Crippen LogP contribution in [0.3, 0.4) is 0 Å². The molecule has 0 aromatic heterocycles. The van der Waals surface area contributed by atoms with E-state index in [1.54, 1.807) is 55.5 Å². The molecule has 3 aromatic carbocycles. The van der Waals surface area contributed by atoms with Gasteiger partial charge in [0.05, 0.1) is 13.0 Å². The van der Waals surface area contributed by atoms with E-state index in [1.165, 1.54) is 24.3 Å². The van der Waals surface area contributed by atoms with Crippen molar-refractivity contribution in [2.24, 2.45) is 0 Å². The van der Waals surface area contributed by atoms with Crippen molar-refractivity contribution in [3.05, 3.63) is 95.3 Å². The summed E-state index contributed by atoms with van der Waals surface area (Å²) in [6, 6.07) is 19.0. The molecule has 170 valence electrons. The molecule has 8 heteroatoms. The highest BCUT2D eigenvalue weighted by Crippen LogP contribution is 2.14. The van der Waals surface area contributed by atoms with E-state index >= 15 is 0 Å². The van der Waals surface area contributed by atoms with Crippen molar-refractivity contribution >= 4 is 23.7 Å². The van der Waals surface area contributed by atoms with Crippen molar-refractivity contribution in [3.8, 4) is 5.75 Å². The monoisotopic (exact) mass is 450 g/mol. The molecule has 33 heavy (non-hydrogen) atoms. The second kappa shape index (κ2) is 11.4. The van der Waals surface area contributed by atoms with Gasteiger partial charge in [0.25, 0.3) is 5.91 Å². The van der Waals surface area contributed by atoms with Crippen molar-refractivity contribution in [1.29, 1.82) is 0 Å². The van der Waals surface area contributed by atoms with Crippen molar-refractivity contribution in [3.63, 3.8) is 0 Å². The third-order valence-electron chi connectivity index (χ3n) is 4.52. The van der Waals surface area contributed by atoms with Gasteiger partial charge in [0.2, 0.25) is 5.91 Å². The summed E-state index contributed by atoms with van der Waals surface area (Å²) in [7, 11) is 0. The topological polar surface area (TPSA) is 93.7 Å². The molecule has 0 spiro atoms. The number of anilines is 1. The van der Waals surface area contributed by atoms with Gasteiger partial charge in [0.1, 0.15) is 11.6 Å². The zero-order valence-electron chi connectivity index (χ0n) is 18.0. The molecule has 3 aromatic rings. The predicted octanol–water partition coefficient (Wildman–Crippen LogP) is 4.47. The van der Waals surface area contributed by atoms with Gasteiger partial charge >= 0.3 is 6.16 Å². The SMILES string of the molecule is CCOC(=O)Oc1ccc(C(=O)NCc2ccc(NC(=O)Cc3cccc(F)c3)cc2)cc1. The maximum atomic E-state index is 13.2. The van der Waals surface area contributed by atoms with Crippen molar-refractivity contribution in [2.45, 2.75) is 19.9 Å². The van der Waals surface area contributed by atoms with Crippen LogP contribution in [0, 0.1) is 5.82 Å². The van der Waals surface area contributed by atoms with Crippen LogP contribution >= 0.6 is 0 Å². The molecule has 0 saturated heterocycles. The maximum absolute atomic E-state index is 13.2. The first-order valence-corrected chi connectivity index (χ1v) is 10.3. The van der Waals surface area contributed by atoms with Crippen LogP contribution in [0.5, 0.6) is 5.75 Å². The van der Waals surface area contributed by atoms with E-state index in [-0.39, 0.29) is 43.0 Å². The Bertz CT molecular complexity index is 1110. The average molecular weight is 450 g/mol. The zero-order valence-corrected chi connectivity index (χ0v) is 18.0. The molecule has 0 aliphatic carbocycles. The van der Waals surface area contributed by atoms with Crippen LogP contribution in [0.1, 0.15) is 28.4 Å². The smallest absolute Gasteiger partial charge is 0.434 e.